The van der Waals surface area contributed by atoms with Crippen LogP contribution in [0.4, 0.5) is 5.82 Å². The Hall–Kier alpha value is -0.330. The first-order valence-electron chi connectivity index (χ1n) is 5.24. The van der Waals surface area contributed by atoms with Gasteiger partial charge in [0.1, 0.15) is 17.2 Å². The lowest BCUT2D eigenvalue weighted by atomic mass is 10.3. The van der Waals surface area contributed by atoms with E-state index in [4.69, 9.17) is 4.74 Å². The molecule has 1 saturated heterocycles. The molecule has 16 heavy (non-hydrogen) atoms. The lowest BCUT2D eigenvalue weighted by molar-refractivity contribution is 0.129. The predicted octanol–water partition coefficient (Wildman–Crippen LogP) is 2.55. The van der Waals surface area contributed by atoms with Crippen molar-refractivity contribution < 1.29 is 4.74 Å². The smallest absolute Gasteiger partial charge is 0.144 e. The summed E-state index contributed by atoms with van der Waals surface area (Å²) >= 11 is 5.21. The number of hydrogen-bond donors (Lipinski definition) is 1. The molecule has 1 aromatic heterocycles. The number of rotatable bonds is 4. The highest BCUT2D eigenvalue weighted by atomic mass is 79.9. The maximum Gasteiger partial charge on any atom is 0.144 e. The van der Waals surface area contributed by atoms with Gasteiger partial charge in [0.15, 0.2) is 0 Å². The first kappa shape index (κ1) is 12.1. The summed E-state index contributed by atoms with van der Waals surface area (Å²) in [6.07, 6.45) is 4.30. The third kappa shape index (κ3) is 2.87. The molecular weight excluding hydrogens is 290 g/mol. The molecule has 1 N–H and O–H groups in total. The minimum absolute atomic E-state index is 0.380. The van der Waals surface area contributed by atoms with Gasteiger partial charge in [-0.1, -0.05) is 0 Å². The zero-order valence-corrected chi connectivity index (χ0v) is 11.5. The van der Waals surface area contributed by atoms with Gasteiger partial charge in [0.2, 0.25) is 0 Å². The number of thioether (sulfide) groups is 1. The van der Waals surface area contributed by atoms with Crippen molar-refractivity contribution in [2.24, 2.45) is 0 Å². The molecule has 1 aliphatic rings. The van der Waals surface area contributed by atoms with Gasteiger partial charge in [-0.05, 0) is 28.8 Å². The van der Waals surface area contributed by atoms with Gasteiger partial charge in [-0.2, -0.15) is 0 Å². The molecule has 2 heterocycles. The van der Waals surface area contributed by atoms with Gasteiger partial charge in [-0.3, -0.25) is 0 Å². The molecule has 1 aromatic rings. The van der Waals surface area contributed by atoms with Crippen LogP contribution in [0.2, 0.25) is 0 Å². The van der Waals surface area contributed by atoms with Crippen molar-refractivity contribution in [3.8, 4) is 0 Å². The van der Waals surface area contributed by atoms with Crippen LogP contribution < -0.4 is 5.32 Å². The van der Waals surface area contributed by atoms with E-state index in [0.717, 1.165) is 34.1 Å². The Bertz CT molecular complexity index is 358. The molecule has 1 unspecified atom stereocenters. The number of halogens is 1. The van der Waals surface area contributed by atoms with Gasteiger partial charge < -0.3 is 10.1 Å². The fourth-order valence-electron chi connectivity index (χ4n) is 1.58. The summed E-state index contributed by atoms with van der Waals surface area (Å²) in [6.45, 7) is 0.901. The molecule has 0 aromatic carbocycles. The van der Waals surface area contributed by atoms with Crippen molar-refractivity contribution in [2.45, 2.75) is 24.0 Å². The number of nitrogens with one attached hydrogen (secondary N) is 1. The average Bonchev–Trinajstić information content (AvgIpc) is 2.81. The third-order valence-electron chi connectivity index (χ3n) is 2.42. The number of hydrogen-bond acceptors (Lipinski definition) is 5. The van der Waals surface area contributed by atoms with E-state index in [1.165, 1.54) is 6.42 Å². The third-order valence-corrected chi connectivity index (χ3v) is 4.56. The number of ether oxygens (including phenoxy) is 1. The van der Waals surface area contributed by atoms with Crippen LogP contribution in [0.15, 0.2) is 15.8 Å². The van der Waals surface area contributed by atoms with E-state index in [1.54, 1.807) is 18.1 Å². The Labute approximate surface area is 108 Å². The largest absolute Gasteiger partial charge is 0.377 e. The van der Waals surface area contributed by atoms with Gasteiger partial charge in [0.05, 0.1) is 10.6 Å². The van der Waals surface area contributed by atoms with E-state index >= 15 is 0 Å². The van der Waals surface area contributed by atoms with Crippen molar-refractivity contribution in [1.29, 1.82) is 0 Å². The lowest BCUT2D eigenvalue weighted by Gasteiger charge is -2.10. The first-order valence-corrected chi connectivity index (χ1v) is 7.01. The Balaban J connectivity index is 1.97. The van der Waals surface area contributed by atoms with Crippen LogP contribution in [0.3, 0.4) is 0 Å². The van der Waals surface area contributed by atoms with Crippen LogP contribution in [-0.4, -0.2) is 35.5 Å². The van der Waals surface area contributed by atoms with Crippen LogP contribution in [0.25, 0.3) is 0 Å². The Morgan fingerprint density at radius 1 is 1.62 bits per heavy atom. The van der Waals surface area contributed by atoms with Crippen molar-refractivity contribution in [1.82, 2.24) is 9.97 Å². The van der Waals surface area contributed by atoms with Crippen molar-refractivity contribution in [3.05, 3.63) is 10.8 Å². The molecule has 4 nitrogen and oxygen atoms in total. The minimum Gasteiger partial charge on any atom is -0.377 e. The first-order chi connectivity index (χ1) is 7.81. The number of anilines is 1. The summed E-state index contributed by atoms with van der Waals surface area (Å²) < 4.78 is 6.51. The Morgan fingerprint density at radius 2 is 2.50 bits per heavy atom. The summed E-state index contributed by atoms with van der Waals surface area (Å²) in [5.74, 6) is 1.78. The highest BCUT2D eigenvalue weighted by Gasteiger charge is 2.17. The molecule has 0 saturated carbocycles. The fourth-order valence-corrected chi connectivity index (χ4v) is 3.27. The molecule has 1 fully saturated rings. The second-order valence-corrected chi connectivity index (χ2v) is 5.34. The molecule has 0 bridgehead atoms. The Morgan fingerprint density at radius 3 is 3.19 bits per heavy atom. The standard InChI is InChI=1S/C10H14BrN3OS/c1-12-9-8(11)10(14-6-13-9)16-5-7-3-2-4-15-7/h6-7H,2-5H2,1H3,(H,12,13,14). The maximum atomic E-state index is 5.58. The van der Waals surface area contributed by atoms with E-state index < -0.39 is 0 Å². The van der Waals surface area contributed by atoms with Crippen molar-refractivity contribution in [3.63, 3.8) is 0 Å². The molecule has 0 amide bonds. The lowest BCUT2D eigenvalue weighted by Crippen LogP contribution is -2.08. The highest BCUT2D eigenvalue weighted by Crippen LogP contribution is 2.31. The SMILES string of the molecule is CNc1ncnc(SCC2CCCO2)c1Br. The summed E-state index contributed by atoms with van der Waals surface area (Å²) in [5.41, 5.74) is 0. The summed E-state index contributed by atoms with van der Waals surface area (Å²) in [6, 6.07) is 0. The van der Waals surface area contributed by atoms with Crippen LogP contribution in [0.5, 0.6) is 0 Å². The molecule has 6 heteroatoms. The van der Waals surface area contributed by atoms with E-state index in [1.807, 2.05) is 7.05 Å². The molecule has 0 aliphatic carbocycles. The molecule has 1 aliphatic heterocycles. The van der Waals surface area contributed by atoms with Gasteiger partial charge in [0, 0.05) is 19.4 Å². The highest BCUT2D eigenvalue weighted by molar-refractivity contribution is 9.10. The summed E-state index contributed by atoms with van der Waals surface area (Å²) in [4.78, 5) is 8.38. The summed E-state index contributed by atoms with van der Waals surface area (Å²) in [7, 11) is 1.85. The van der Waals surface area contributed by atoms with Crippen molar-refractivity contribution in [2.75, 3.05) is 24.7 Å². The zero-order chi connectivity index (χ0) is 11.4. The quantitative estimate of drug-likeness (QED) is 0.684. The van der Waals surface area contributed by atoms with Crippen LogP contribution in [-0.2, 0) is 4.74 Å². The van der Waals surface area contributed by atoms with E-state index in [-0.39, 0.29) is 0 Å². The zero-order valence-electron chi connectivity index (χ0n) is 9.07. The fraction of sp³-hybridized carbons (Fsp3) is 0.600. The predicted molar refractivity (Wildman–Crippen MR) is 69.0 cm³/mol. The van der Waals surface area contributed by atoms with Gasteiger partial charge in [0.25, 0.3) is 0 Å². The molecule has 1 atom stereocenters. The van der Waals surface area contributed by atoms with E-state index in [2.05, 4.69) is 31.2 Å². The topological polar surface area (TPSA) is 47.0 Å². The summed E-state index contributed by atoms with van der Waals surface area (Å²) in [5, 5.41) is 3.99. The van der Waals surface area contributed by atoms with E-state index in [0.29, 0.717) is 6.10 Å². The second kappa shape index (κ2) is 5.84. The average molecular weight is 304 g/mol. The maximum absolute atomic E-state index is 5.58. The van der Waals surface area contributed by atoms with Crippen LogP contribution in [0.1, 0.15) is 12.8 Å². The molecule has 0 spiro atoms. The second-order valence-electron chi connectivity index (χ2n) is 3.54. The minimum atomic E-state index is 0.380. The van der Waals surface area contributed by atoms with Gasteiger partial charge in [-0.25, -0.2) is 9.97 Å². The van der Waals surface area contributed by atoms with Gasteiger partial charge >= 0.3 is 0 Å². The normalized spacial score (nSPS) is 20.0. The molecule has 0 radical (unpaired) electrons. The van der Waals surface area contributed by atoms with Crippen LogP contribution >= 0.6 is 27.7 Å². The number of aromatic nitrogens is 2. The monoisotopic (exact) mass is 303 g/mol. The van der Waals surface area contributed by atoms with E-state index in [9.17, 15) is 0 Å². The molecule has 2 rings (SSSR count). The Kier molecular flexibility index (Phi) is 4.43. The van der Waals surface area contributed by atoms with Gasteiger partial charge in [-0.15, -0.1) is 11.8 Å². The molecular formula is C10H14BrN3OS. The van der Waals surface area contributed by atoms with Crippen molar-refractivity contribution >= 4 is 33.5 Å². The molecule has 88 valence electrons. The van der Waals surface area contributed by atoms with Crippen LogP contribution in [0, 0.1) is 0 Å². The number of nitrogens with zero attached hydrogens (tertiary/aromatic N) is 2.